The van der Waals surface area contributed by atoms with E-state index in [9.17, 15) is 4.79 Å². The van der Waals surface area contributed by atoms with Gasteiger partial charge in [0.05, 0.1) is 20.3 Å². The van der Waals surface area contributed by atoms with E-state index in [4.69, 9.17) is 9.47 Å². The van der Waals surface area contributed by atoms with Gasteiger partial charge in [-0.15, -0.1) is 0 Å². The van der Waals surface area contributed by atoms with Crippen molar-refractivity contribution < 1.29 is 14.3 Å². The molecule has 2 heterocycles. The molecule has 1 N–H and O–H groups in total. The first-order chi connectivity index (χ1) is 11.8. The molecule has 0 atom stereocenters. The number of hydrogen-bond donors (Lipinski definition) is 1. The Morgan fingerprint density at radius 1 is 1.29 bits per heavy atom. The summed E-state index contributed by atoms with van der Waals surface area (Å²) < 4.78 is 10.5. The number of nitrogens with one attached hydrogen (secondary N) is 1. The molecule has 1 aliphatic heterocycles. The Labute approximate surface area is 141 Å². The van der Waals surface area contributed by atoms with Gasteiger partial charge in [0.15, 0.2) is 0 Å². The summed E-state index contributed by atoms with van der Waals surface area (Å²) in [6, 6.07) is 11.0. The van der Waals surface area contributed by atoms with Gasteiger partial charge in [-0.3, -0.25) is 4.79 Å². The summed E-state index contributed by atoms with van der Waals surface area (Å²) in [5, 5.41) is 2.95. The number of amides is 1. The molecule has 6 heteroatoms. The number of methoxy groups -OCH3 is 1. The van der Waals surface area contributed by atoms with E-state index in [1.165, 1.54) is 0 Å². The minimum Gasteiger partial charge on any atom is -0.497 e. The van der Waals surface area contributed by atoms with Crippen molar-refractivity contribution in [2.75, 3.05) is 38.3 Å². The summed E-state index contributed by atoms with van der Waals surface area (Å²) in [5.74, 6) is 1.44. The first-order valence-corrected chi connectivity index (χ1v) is 7.97. The number of anilines is 1. The third-order valence-corrected chi connectivity index (χ3v) is 3.95. The van der Waals surface area contributed by atoms with Crippen LogP contribution in [0.3, 0.4) is 0 Å². The van der Waals surface area contributed by atoms with Crippen molar-refractivity contribution in [2.45, 2.75) is 6.54 Å². The SMILES string of the molecule is COc1cccc(C(=O)NCc2cccnc2N2CCOCC2)c1. The van der Waals surface area contributed by atoms with Gasteiger partial charge in [-0.05, 0) is 24.3 Å². The van der Waals surface area contributed by atoms with E-state index in [2.05, 4.69) is 15.2 Å². The summed E-state index contributed by atoms with van der Waals surface area (Å²) in [6.45, 7) is 3.45. The van der Waals surface area contributed by atoms with Gasteiger partial charge in [-0.1, -0.05) is 12.1 Å². The lowest BCUT2D eigenvalue weighted by Gasteiger charge is -2.29. The number of pyridine rings is 1. The van der Waals surface area contributed by atoms with Gasteiger partial charge in [-0.2, -0.15) is 0 Å². The number of hydrogen-bond acceptors (Lipinski definition) is 5. The van der Waals surface area contributed by atoms with E-state index < -0.39 is 0 Å². The van der Waals surface area contributed by atoms with Crippen molar-refractivity contribution >= 4 is 11.7 Å². The molecule has 1 fully saturated rings. The standard InChI is InChI=1S/C18H21N3O3/c1-23-16-6-2-4-14(12-16)18(22)20-13-15-5-3-7-19-17(15)21-8-10-24-11-9-21/h2-7,12H,8-11,13H2,1H3,(H,20,22). The highest BCUT2D eigenvalue weighted by Gasteiger charge is 2.16. The van der Waals surface area contributed by atoms with Crippen LogP contribution in [0.25, 0.3) is 0 Å². The van der Waals surface area contributed by atoms with Crippen molar-refractivity contribution in [3.05, 3.63) is 53.7 Å². The lowest BCUT2D eigenvalue weighted by atomic mass is 10.2. The summed E-state index contributed by atoms with van der Waals surface area (Å²) in [5.41, 5.74) is 1.57. The molecule has 3 rings (SSSR count). The molecule has 0 radical (unpaired) electrons. The Hall–Kier alpha value is -2.60. The van der Waals surface area contributed by atoms with Crippen LogP contribution in [0, 0.1) is 0 Å². The highest BCUT2D eigenvalue weighted by Crippen LogP contribution is 2.18. The first-order valence-electron chi connectivity index (χ1n) is 7.97. The smallest absolute Gasteiger partial charge is 0.251 e. The van der Waals surface area contributed by atoms with Gasteiger partial charge in [0.2, 0.25) is 0 Å². The molecule has 0 saturated carbocycles. The van der Waals surface area contributed by atoms with Gasteiger partial charge in [-0.25, -0.2) is 4.98 Å². The van der Waals surface area contributed by atoms with E-state index in [0.29, 0.717) is 31.1 Å². The molecule has 6 nitrogen and oxygen atoms in total. The van der Waals surface area contributed by atoms with Gasteiger partial charge in [0.1, 0.15) is 11.6 Å². The van der Waals surface area contributed by atoms with Gasteiger partial charge in [0, 0.05) is 37.0 Å². The van der Waals surface area contributed by atoms with Crippen molar-refractivity contribution in [1.82, 2.24) is 10.3 Å². The Morgan fingerprint density at radius 2 is 2.12 bits per heavy atom. The normalized spacial score (nSPS) is 14.3. The van der Waals surface area contributed by atoms with E-state index in [0.717, 1.165) is 24.5 Å². The van der Waals surface area contributed by atoms with Crippen molar-refractivity contribution in [3.63, 3.8) is 0 Å². The van der Waals surface area contributed by atoms with Crippen molar-refractivity contribution in [2.24, 2.45) is 0 Å². The molecular formula is C18H21N3O3. The first kappa shape index (κ1) is 16.3. The number of morpholine rings is 1. The van der Waals surface area contributed by atoms with Crippen LogP contribution in [-0.4, -0.2) is 44.3 Å². The predicted octanol–water partition coefficient (Wildman–Crippen LogP) is 1.86. The maximum atomic E-state index is 12.4. The molecule has 0 bridgehead atoms. The van der Waals surface area contributed by atoms with Gasteiger partial charge < -0.3 is 19.7 Å². The fourth-order valence-corrected chi connectivity index (χ4v) is 2.67. The molecule has 1 aliphatic rings. The highest BCUT2D eigenvalue weighted by atomic mass is 16.5. The molecule has 2 aromatic rings. The number of carbonyl (C=O) groups is 1. The Bertz CT molecular complexity index is 699. The summed E-state index contributed by atoms with van der Waals surface area (Å²) in [7, 11) is 1.58. The zero-order valence-corrected chi connectivity index (χ0v) is 13.7. The third kappa shape index (κ3) is 3.83. The predicted molar refractivity (Wildman–Crippen MR) is 91.4 cm³/mol. The minimum atomic E-state index is -0.134. The van der Waals surface area contributed by atoms with Gasteiger partial charge >= 0.3 is 0 Å². The van der Waals surface area contributed by atoms with E-state index in [-0.39, 0.29) is 5.91 Å². The fourth-order valence-electron chi connectivity index (χ4n) is 2.67. The monoisotopic (exact) mass is 327 g/mol. The summed E-state index contributed by atoms with van der Waals surface area (Å²) in [6.07, 6.45) is 1.78. The van der Waals surface area contributed by atoms with E-state index in [1.807, 2.05) is 18.2 Å². The second-order valence-corrected chi connectivity index (χ2v) is 5.50. The zero-order valence-electron chi connectivity index (χ0n) is 13.7. The topological polar surface area (TPSA) is 63.7 Å². The largest absolute Gasteiger partial charge is 0.497 e. The second kappa shape index (κ2) is 7.79. The zero-order chi connectivity index (χ0) is 16.8. The van der Waals surface area contributed by atoms with Crippen molar-refractivity contribution in [1.29, 1.82) is 0 Å². The highest BCUT2D eigenvalue weighted by molar-refractivity contribution is 5.94. The Balaban J connectivity index is 1.69. The molecule has 24 heavy (non-hydrogen) atoms. The fraction of sp³-hybridized carbons (Fsp3) is 0.333. The Kier molecular flexibility index (Phi) is 5.28. The van der Waals surface area contributed by atoms with Crippen LogP contribution in [0.5, 0.6) is 5.75 Å². The van der Waals surface area contributed by atoms with Gasteiger partial charge in [0.25, 0.3) is 5.91 Å². The minimum absolute atomic E-state index is 0.134. The number of aromatic nitrogens is 1. The van der Waals surface area contributed by atoms with E-state index >= 15 is 0 Å². The second-order valence-electron chi connectivity index (χ2n) is 5.50. The number of carbonyl (C=O) groups excluding carboxylic acids is 1. The average Bonchev–Trinajstić information content (AvgIpc) is 2.67. The molecular weight excluding hydrogens is 306 g/mol. The number of nitrogens with zero attached hydrogens (tertiary/aromatic N) is 2. The summed E-state index contributed by atoms with van der Waals surface area (Å²) >= 11 is 0. The molecule has 1 amide bonds. The quantitative estimate of drug-likeness (QED) is 0.908. The van der Waals surface area contributed by atoms with Crippen LogP contribution in [-0.2, 0) is 11.3 Å². The van der Waals surface area contributed by atoms with E-state index in [1.54, 1.807) is 31.5 Å². The third-order valence-electron chi connectivity index (χ3n) is 3.95. The van der Waals surface area contributed by atoms with Crippen LogP contribution in [0.4, 0.5) is 5.82 Å². The van der Waals surface area contributed by atoms with Crippen LogP contribution < -0.4 is 15.0 Å². The molecule has 1 saturated heterocycles. The van der Waals surface area contributed by atoms with Crippen LogP contribution in [0.15, 0.2) is 42.6 Å². The maximum Gasteiger partial charge on any atom is 0.251 e. The lowest BCUT2D eigenvalue weighted by Crippen LogP contribution is -2.37. The maximum absolute atomic E-state index is 12.4. The Morgan fingerprint density at radius 3 is 2.92 bits per heavy atom. The summed E-state index contributed by atoms with van der Waals surface area (Å²) in [4.78, 5) is 19.0. The van der Waals surface area contributed by atoms with Crippen molar-refractivity contribution in [3.8, 4) is 5.75 Å². The van der Waals surface area contributed by atoms with Crippen LogP contribution in [0.1, 0.15) is 15.9 Å². The molecule has 1 aromatic heterocycles. The molecule has 1 aromatic carbocycles. The molecule has 0 aliphatic carbocycles. The molecule has 0 spiro atoms. The molecule has 0 unspecified atom stereocenters. The molecule has 126 valence electrons. The van der Waals surface area contributed by atoms with Crippen LogP contribution >= 0.6 is 0 Å². The average molecular weight is 327 g/mol. The van der Waals surface area contributed by atoms with Crippen LogP contribution in [0.2, 0.25) is 0 Å². The lowest BCUT2D eigenvalue weighted by molar-refractivity contribution is 0.0950. The number of ether oxygens (including phenoxy) is 2. The number of benzene rings is 1. The number of rotatable bonds is 5.